The molecule has 0 aromatic rings. The monoisotopic (exact) mass is 698 g/mol. The average molecular weight is 699 g/mol. The van der Waals surface area contributed by atoms with E-state index in [9.17, 15) is 45.6 Å². The minimum atomic E-state index is -1.74. The third-order valence-electron chi connectivity index (χ3n) is 14.1. The summed E-state index contributed by atoms with van der Waals surface area (Å²) in [5.41, 5.74) is 1.03. The van der Waals surface area contributed by atoms with Crippen molar-refractivity contribution in [1.29, 1.82) is 0 Å². The molecule has 8 N–H and O–H groups in total. The first-order chi connectivity index (χ1) is 23.3. The molecule has 0 aromatic heterocycles. The molecule has 7 rings (SSSR count). The second-order valence-electron chi connectivity index (χ2n) is 16.2. The zero-order valence-electron chi connectivity index (χ0n) is 28.3. The molecule has 0 bridgehead atoms. The van der Waals surface area contributed by atoms with Gasteiger partial charge in [0.05, 0.1) is 31.3 Å². The van der Waals surface area contributed by atoms with Crippen LogP contribution in [0.15, 0.2) is 11.1 Å². The van der Waals surface area contributed by atoms with Gasteiger partial charge in [-0.2, -0.15) is 0 Å². The van der Waals surface area contributed by atoms with E-state index in [2.05, 4.69) is 13.8 Å². The normalized spacial score (nSPS) is 54.6. The summed E-state index contributed by atoms with van der Waals surface area (Å²) in [4.78, 5) is 11.9. The molecule has 4 aliphatic carbocycles. The van der Waals surface area contributed by atoms with Crippen LogP contribution in [0.1, 0.15) is 78.1 Å². The zero-order chi connectivity index (χ0) is 35.0. The van der Waals surface area contributed by atoms with E-state index in [4.69, 9.17) is 23.7 Å². The molecule has 0 radical (unpaired) electrons. The van der Waals surface area contributed by atoms with Crippen LogP contribution in [-0.2, 0) is 28.5 Å². The molecular formula is C35H54O14. The van der Waals surface area contributed by atoms with Crippen molar-refractivity contribution >= 4 is 5.97 Å². The van der Waals surface area contributed by atoms with Gasteiger partial charge in [-0.1, -0.05) is 19.4 Å². The first kappa shape index (κ1) is 36.1. The number of cyclic esters (lactones) is 1. The number of aliphatic hydroxyl groups is 8. The molecule has 7 aliphatic rings. The van der Waals surface area contributed by atoms with Crippen molar-refractivity contribution in [3.63, 3.8) is 0 Å². The Balaban J connectivity index is 1.06. The SMILES string of the molecule is C[C@@]12CC[C@H](O[C@H]3O[C@@H](CO)[C@H](O)[C@@H](O)[C@@H]3O[C@@H]3O[C@H](CO)[C@@H](O)[C@@H](O)[C@@H]3O)C[C@@H]1CC[C@H]1[C@H]2CC[C@@]2(C)/C(=C3/COC(=O)C3)CC[C@]12O. The molecule has 3 saturated heterocycles. The molecule has 0 amide bonds. The fraction of sp³-hybridized carbons (Fsp3) is 0.914. The van der Waals surface area contributed by atoms with Crippen molar-refractivity contribution in [3.8, 4) is 0 Å². The number of hydrogen-bond donors (Lipinski definition) is 8. The van der Waals surface area contributed by atoms with Gasteiger partial charge in [0.1, 0.15) is 55.4 Å². The molecule has 14 nitrogen and oxygen atoms in total. The zero-order valence-corrected chi connectivity index (χ0v) is 28.3. The number of hydrogen-bond acceptors (Lipinski definition) is 14. The number of ether oxygens (including phenoxy) is 5. The van der Waals surface area contributed by atoms with Gasteiger partial charge >= 0.3 is 5.97 Å². The van der Waals surface area contributed by atoms with Crippen LogP contribution in [0.25, 0.3) is 0 Å². The average Bonchev–Trinajstić information content (AvgIpc) is 3.63. The first-order valence-electron chi connectivity index (χ1n) is 18.1. The molecule has 0 aromatic carbocycles. The molecule has 3 aliphatic heterocycles. The highest BCUT2D eigenvalue weighted by molar-refractivity contribution is 5.76. The van der Waals surface area contributed by atoms with Gasteiger partial charge in [-0.3, -0.25) is 4.79 Å². The van der Waals surface area contributed by atoms with Crippen molar-refractivity contribution < 1.29 is 69.3 Å². The van der Waals surface area contributed by atoms with Gasteiger partial charge in [0.25, 0.3) is 0 Å². The lowest BCUT2D eigenvalue weighted by molar-refractivity contribution is -0.373. The topological polar surface area (TPSA) is 225 Å². The van der Waals surface area contributed by atoms with Gasteiger partial charge in [0, 0.05) is 5.41 Å². The molecule has 14 heteroatoms. The lowest BCUT2D eigenvalue weighted by atomic mass is 9.43. The highest BCUT2D eigenvalue weighted by Crippen LogP contribution is 2.69. The molecule has 0 unspecified atom stereocenters. The van der Waals surface area contributed by atoms with Crippen molar-refractivity contribution in [2.24, 2.45) is 28.6 Å². The van der Waals surface area contributed by atoms with Crippen molar-refractivity contribution in [2.75, 3.05) is 19.8 Å². The maximum atomic E-state index is 12.5. The summed E-state index contributed by atoms with van der Waals surface area (Å²) in [6.07, 6.45) is -7.60. The maximum absolute atomic E-state index is 12.5. The van der Waals surface area contributed by atoms with Crippen LogP contribution >= 0.6 is 0 Å². The Hall–Kier alpha value is -1.27. The summed E-state index contributed by atoms with van der Waals surface area (Å²) < 4.78 is 29.1. The predicted molar refractivity (Wildman–Crippen MR) is 167 cm³/mol. The maximum Gasteiger partial charge on any atom is 0.310 e. The quantitative estimate of drug-likeness (QED) is 0.0986. The van der Waals surface area contributed by atoms with E-state index in [0.29, 0.717) is 38.2 Å². The van der Waals surface area contributed by atoms with E-state index in [1.807, 2.05) is 0 Å². The van der Waals surface area contributed by atoms with Gasteiger partial charge in [0.2, 0.25) is 0 Å². The molecule has 4 saturated carbocycles. The number of carbonyl (C=O) groups is 1. The van der Waals surface area contributed by atoms with E-state index < -0.39 is 80.2 Å². The molecular weight excluding hydrogens is 644 g/mol. The Morgan fingerprint density at radius 2 is 1.47 bits per heavy atom. The van der Waals surface area contributed by atoms with Crippen molar-refractivity contribution in [1.82, 2.24) is 0 Å². The summed E-state index contributed by atoms with van der Waals surface area (Å²) in [6, 6.07) is 0. The van der Waals surface area contributed by atoms with Crippen molar-refractivity contribution in [3.05, 3.63) is 11.1 Å². The fourth-order valence-electron chi connectivity index (χ4n) is 11.2. The van der Waals surface area contributed by atoms with Gasteiger partial charge in [0.15, 0.2) is 12.6 Å². The smallest absolute Gasteiger partial charge is 0.310 e. The summed E-state index contributed by atoms with van der Waals surface area (Å²) in [7, 11) is 0. The molecule has 17 atom stereocenters. The number of aliphatic hydroxyl groups excluding tert-OH is 7. The summed E-state index contributed by atoms with van der Waals surface area (Å²) in [5.74, 6) is 0.560. The summed E-state index contributed by atoms with van der Waals surface area (Å²) >= 11 is 0. The largest absolute Gasteiger partial charge is 0.461 e. The Kier molecular flexibility index (Phi) is 9.80. The molecule has 0 spiro atoms. The number of rotatable bonds is 6. The summed E-state index contributed by atoms with van der Waals surface area (Å²) in [6.45, 7) is 3.61. The molecule has 7 fully saturated rings. The summed E-state index contributed by atoms with van der Waals surface area (Å²) in [5, 5.41) is 84.8. The van der Waals surface area contributed by atoms with E-state index in [1.165, 1.54) is 5.57 Å². The molecule has 49 heavy (non-hydrogen) atoms. The Labute approximate surface area is 285 Å². The van der Waals surface area contributed by atoms with Crippen LogP contribution in [0.2, 0.25) is 0 Å². The van der Waals surface area contributed by atoms with Crippen LogP contribution in [0.5, 0.6) is 0 Å². The predicted octanol–water partition coefficient (Wildman–Crippen LogP) is -0.603. The number of fused-ring (bicyclic) bond motifs is 5. The highest BCUT2D eigenvalue weighted by Gasteiger charge is 2.66. The standard InChI is InChI=1S/C35H54O14/c1-33-8-5-18(46-32-30(28(42)26(40)23(14-37)48-32)49-31-29(43)27(41)25(39)22(13-36)47-31)12-17(33)3-4-21-20(33)6-9-34(2)19(7-10-35(21,34)44)16-11-24(38)45-15-16/h17-18,20-23,25-32,36-37,39-44H,3-15H2,1-2H3/b19-16+/t17-,18-,20+,21-,22+,23-,25+,26-,27+,28+,29-,30-,31-,32-,33+,34-,35-/m0/s1. The Morgan fingerprint density at radius 3 is 2.14 bits per heavy atom. The van der Waals surface area contributed by atoms with Crippen LogP contribution in [0, 0.1) is 28.6 Å². The third-order valence-corrected chi connectivity index (χ3v) is 14.1. The fourth-order valence-corrected chi connectivity index (χ4v) is 11.2. The highest BCUT2D eigenvalue weighted by atomic mass is 16.8. The Bertz CT molecular complexity index is 1280. The third kappa shape index (κ3) is 5.73. The van der Waals surface area contributed by atoms with E-state index in [-0.39, 0.29) is 34.7 Å². The van der Waals surface area contributed by atoms with E-state index in [1.54, 1.807) is 0 Å². The van der Waals surface area contributed by atoms with Gasteiger partial charge in [-0.05, 0) is 86.5 Å². The van der Waals surface area contributed by atoms with Gasteiger partial charge in [-0.15, -0.1) is 0 Å². The van der Waals surface area contributed by atoms with Crippen molar-refractivity contribution in [2.45, 2.75) is 151 Å². The van der Waals surface area contributed by atoms with E-state index >= 15 is 0 Å². The van der Waals surface area contributed by atoms with Crippen LogP contribution in [0.3, 0.4) is 0 Å². The van der Waals surface area contributed by atoms with Crippen LogP contribution in [0.4, 0.5) is 0 Å². The minimum absolute atomic E-state index is 0.0365. The lowest BCUT2D eigenvalue weighted by Crippen LogP contribution is -2.65. The lowest BCUT2D eigenvalue weighted by Gasteiger charge is -2.63. The van der Waals surface area contributed by atoms with Gasteiger partial charge in [-0.25, -0.2) is 0 Å². The van der Waals surface area contributed by atoms with E-state index in [0.717, 1.165) is 44.1 Å². The van der Waals surface area contributed by atoms with Crippen LogP contribution in [-0.4, -0.2) is 140 Å². The molecule has 3 heterocycles. The minimum Gasteiger partial charge on any atom is -0.461 e. The van der Waals surface area contributed by atoms with Crippen LogP contribution < -0.4 is 0 Å². The second-order valence-corrected chi connectivity index (χ2v) is 16.2. The first-order valence-corrected chi connectivity index (χ1v) is 18.1. The molecule has 278 valence electrons. The second kappa shape index (κ2) is 13.3. The Morgan fingerprint density at radius 1 is 0.776 bits per heavy atom. The number of carbonyl (C=O) groups excluding carboxylic acids is 1. The van der Waals surface area contributed by atoms with Gasteiger partial charge < -0.3 is 64.5 Å². The number of esters is 1.